The third kappa shape index (κ3) is 1.91. The highest BCUT2D eigenvalue weighted by Gasteiger charge is 2.33. The summed E-state index contributed by atoms with van der Waals surface area (Å²) in [6.45, 7) is 2.07. The lowest BCUT2D eigenvalue weighted by Gasteiger charge is -2.12. The van der Waals surface area contributed by atoms with Crippen molar-refractivity contribution in [2.45, 2.75) is 25.8 Å². The molecule has 1 fully saturated rings. The predicted molar refractivity (Wildman–Crippen MR) is 68.2 cm³/mol. The van der Waals surface area contributed by atoms with Crippen molar-refractivity contribution >= 4 is 17.8 Å². The number of hydrogen-bond donors (Lipinski definition) is 0. The summed E-state index contributed by atoms with van der Waals surface area (Å²) in [5, 5.41) is 0. The van der Waals surface area contributed by atoms with E-state index in [4.69, 9.17) is 4.74 Å². The predicted octanol–water partition coefficient (Wildman–Crippen LogP) is 1.67. The van der Waals surface area contributed by atoms with Gasteiger partial charge in [0.2, 0.25) is 0 Å². The van der Waals surface area contributed by atoms with Crippen LogP contribution in [0.4, 0.5) is 0 Å². The van der Waals surface area contributed by atoms with Crippen LogP contribution in [0.15, 0.2) is 29.6 Å². The zero-order valence-corrected chi connectivity index (χ0v) is 10.6. The number of fused-ring (bicyclic) bond motifs is 3. The molecular formula is C14H14N2O3. The standard InChI is InChI=1S/C14H14N2O3/c1-2-19-14(18)9-7-10-11(3-4-12(10)17)16-6-5-15-13(16)8-9/h5-8,11H,2-4H2,1H3/t11-/m1/s1. The molecule has 3 rings (SSSR count). The molecule has 5 nitrogen and oxygen atoms in total. The Bertz CT molecular complexity index is 610. The topological polar surface area (TPSA) is 61.2 Å². The summed E-state index contributed by atoms with van der Waals surface area (Å²) in [6.07, 6.45) is 8.14. The van der Waals surface area contributed by atoms with Gasteiger partial charge in [0, 0.05) is 24.4 Å². The molecule has 5 heteroatoms. The Labute approximate surface area is 110 Å². The van der Waals surface area contributed by atoms with Gasteiger partial charge in [-0.1, -0.05) is 0 Å². The number of ether oxygens (including phenoxy) is 1. The number of esters is 1. The number of Topliss-reactive ketones (excluding diaryl/α,β-unsaturated/α-hetero) is 1. The van der Waals surface area contributed by atoms with Crippen LogP contribution in [0.1, 0.15) is 31.6 Å². The van der Waals surface area contributed by atoms with Gasteiger partial charge in [0.25, 0.3) is 0 Å². The van der Waals surface area contributed by atoms with Gasteiger partial charge in [-0.15, -0.1) is 0 Å². The molecule has 0 spiro atoms. The van der Waals surface area contributed by atoms with E-state index in [0.717, 1.165) is 6.42 Å². The highest BCUT2D eigenvalue weighted by atomic mass is 16.5. The fourth-order valence-electron chi connectivity index (χ4n) is 2.60. The van der Waals surface area contributed by atoms with Crippen molar-refractivity contribution in [1.29, 1.82) is 0 Å². The molecule has 2 heterocycles. The molecule has 1 aromatic heterocycles. The minimum atomic E-state index is -0.412. The van der Waals surface area contributed by atoms with Crippen LogP contribution in [-0.2, 0) is 14.3 Å². The van der Waals surface area contributed by atoms with Crippen LogP contribution in [-0.4, -0.2) is 27.9 Å². The molecule has 1 saturated carbocycles. The number of carbonyl (C=O) groups excluding carboxylic acids is 2. The lowest BCUT2D eigenvalue weighted by atomic mass is 10.1. The van der Waals surface area contributed by atoms with Gasteiger partial charge >= 0.3 is 5.97 Å². The van der Waals surface area contributed by atoms with E-state index in [0.29, 0.717) is 30.0 Å². The Balaban J connectivity index is 2.10. The van der Waals surface area contributed by atoms with Crippen LogP contribution in [0.2, 0.25) is 0 Å². The van der Waals surface area contributed by atoms with Crippen LogP contribution in [0.5, 0.6) is 0 Å². The van der Waals surface area contributed by atoms with E-state index in [1.807, 2.05) is 10.8 Å². The van der Waals surface area contributed by atoms with Crippen molar-refractivity contribution in [2.75, 3.05) is 6.61 Å². The molecular weight excluding hydrogens is 244 g/mol. The summed E-state index contributed by atoms with van der Waals surface area (Å²) in [5.41, 5.74) is 1.07. The summed E-state index contributed by atoms with van der Waals surface area (Å²) in [7, 11) is 0. The smallest absolute Gasteiger partial charge is 0.338 e. The van der Waals surface area contributed by atoms with Crippen molar-refractivity contribution in [2.24, 2.45) is 0 Å². The second-order valence-electron chi connectivity index (χ2n) is 4.59. The summed E-state index contributed by atoms with van der Waals surface area (Å²) >= 11 is 0. The van der Waals surface area contributed by atoms with Gasteiger partial charge in [0.1, 0.15) is 5.82 Å². The van der Waals surface area contributed by atoms with Crippen molar-refractivity contribution in [3.05, 3.63) is 35.4 Å². The summed E-state index contributed by atoms with van der Waals surface area (Å²) in [4.78, 5) is 28.1. The number of imidazole rings is 1. The number of ketones is 1. The number of nitrogens with zero attached hydrogens (tertiary/aromatic N) is 2. The maximum Gasteiger partial charge on any atom is 0.338 e. The van der Waals surface area contributed by atoms with Crippen molar-refractivity contribution < 1.29 is 14.3 Å². The maximum absolute atomic E-state index is 11.9. The maximum atomic E-state index is 11.9. The van der Waals surface area contributed by atoms with Gasteiger partial charge in [0.05, 0.1) is 18.2 Å². The number of aromatic nitrogens is 2. The molecule has 1 atom stereocenters. The zero-order chi connectivity index (χ0) is 13.4. The largest absolute Gasteiger partial charge is 0.462 e. The number of allylic oxidation sites excluding steroid dienone is 1. The van der Waals surface area contributed by atoms with Crippen LogP contribution in [0.25, 0.3) is 6.08 Å². The van der Waals surface area contributed by atoms with Crippen molar-refractivity contribution in [3.8, 4) is 0 Å². The van der Waals surface area contributed by atoms with E-state index in [1.165, 1.54) is 0 Å². The van der Waals surface area contributed by atoms with Crippen LogP contribution in [0, 0.1) is 0 Å². The van der Waals surface area contributed by atoms with E-state index in [-0.39, 0.29) is 11.8 Å². The van der Waals surface area contributed by atoms with E-state index >= 15 is 0 Å². The van der Waals surface area contributed by atoms with E-state index < -0.39 is 5.97 Å². The Hall–Kier alpha value is -2.17. The van der Waals surface area contributed by atoms with Gasteiger partial charge < -0.3 is 9.30 Å². The molecule has 2 aliphatic rings. The normalized spacial score (nSPS) is 21.1. The van der Waals surface area contributed by atoms with Crippen LogP contribution < -0.4 is 0 Å². The second kappa shape index (κ2) is 4.50. The van der Waals surface area contributed by atoms with E-state index in [1.54, 1.807) is 25.3 Å². The molecule has 0 radical (unpaired) electrons. The molecule has 0 bridgehead atoms. The van der Waals surface area contributed by atoms with Gasteiger partial charge in [0.15, 0.2) is 5.78 Å². The minimum absolute atomic E-state index is 0.00632. The van der Waals surface area contributed by atoms with E-state index in [2.05, 4.69) is 4.98 Å². The Kier molecular flexibility index (Phi) is 2.81. The van der Waals surface area contributed by atoms with Gasteiger partial charge in [-0.25, -0.2) is 9.78 Å². The first-order valence-corrected chi connectivity index (χ1v) is 6.37. The molecule has 0 aromatic carbocycles. The number of carbonyl (C=O) groups is 2. The second-order valence-corrected chi connectivity index (χ2v) is 4.59. The lowest BCUT2D eigenvalue weighted by molar-refractivity contribution is -0.138. The highest BCUT2D eigenvalue weighted by Crippen LogP contribution is 2.36. The third-order valence-electron chi connectivity index (χ3n) is 3.47. The quantitative estimate of drug-likeness (QED) is 0.757. The third-order valence-corrected chi connectivity index (χ3v) is 3.47. The van der Waals surface area contributed by atoms with Crippen LogP contribution in [0.3, 0.4) is 0 Å². The monoisotopic (exact) mass is 258 g/mol. The van der Waals surface area contributed by atoms with Gasteiger partial charge in [-0.3, -0.25) is 4.79 Å². The summed E-state index contributed by atoms with van der Waals surface area (Å²) in [6, 6.07) is -0.00632. The van der Waals surface area contributed by atoms with Crippen molar-refractivity contribution in [1.82, 2.24) is 9.55 Å². The number of rotatable bonds is 2. The first-order chi connectivity index (χ1) is 9.20. The first kappa shape index (κ1) is 11.9. The molecule has 1 aliphatic carbocycles. The highest BCUT2D eigenvalue weighted by molar-refractivity contribution is 6.04. The van der Waals surface area contributed by atoms with Crippen LogP contribution >= 0.6 is 0 Å². The first-order valence-electron chi connectivity index (χ1n) is 6.37. The minimum Gasteiger partial charge on any atom is -0.462 e. The molecule has 1 aromatic rings. The SMILES string of the molecule is CCOC(=O)C1=Cc2nccn2[C@@H]2CCC(=O)C2=C1. The Morgan fingerprint density at radius 1 is 1.53 bits per heavy atom. The van der Waals surface area contributed by atoms with E-state index in [9.17, 15) is 9.59 Å². The summed E-state index contributed by atoms with van der Waals surface area (Å²) < 4.78 is 6.96. The average molecular weight is 258 g/mol. The van der Waals surface area contributed by atoms with Gasteiger partial charge in [-0.05, 0) is 25.5 Å². The fraction of sp³-hybridized carbons (Fsp3) is 0.357. The Morgan fingerprint density at radius 2 is 2.37 bits per heavy atom. The van der Waals surface area contributed by atoms with Crippen molar-refractivity contribution in [3.63, 3.8) is 0 Å². The molecule has 0 N–H and O–H groups in total. The average Bonchev–Trinajstić information content (AvgIpc) is 2.94. The molecule has 98 valence electrons. The summed E-state index contributed by atoms with van der Waals surface area (Å²) in [5.74, 6) is 0.376. The molecule has 1 aliphatic heterocycles. The molecule has 0 amide bonds. The fourth-order valence-corrected chi connectivity index (χ4v) is 2.60. The van der Waals surface area contributed by atoms with Gasteiger partial charge in [-0.2, -0.15) is 0 Å². The molecule has 19 heavy (non-hydrogen) atoms. The lowest BCUT2D eigenvalue weighted by Crippen LogP contribution is -2.09. The number of hydrogen-bond acceptors (Lipinski definition) is 4. The Morgan fingerprint density at radius 3 is 3.16 bits per heavy atom. The molecule has 0 saturated heterocycles. The molecule has 0 unspecified atom stereocenters. The zero-order valence-electron chi connectivity index (χ0n) is 10.6.